The number of hydrogen-bond donors (Lipinski definition) is 2. The largest absolute Gasteiger partial charge is 0.508 e. The lowest BCUT2D eigenvalue weighted by molar-refractivity contribution is 0.0814. The fourth-order valence-electron chi connectivity index (χ4n) is 6.68. The van der Waals surface area contributed by atoms with Crippen LogP contribution in [0.2, 0.25) is 0 Å². The van der Waals surface area contributed by atoms with Gasteiger partial charge in [-0.3, -0.25) is 0 Å². The van der Waals surface area contributed by atoms with E-state index in [0.29, 0.717) is 51.6 Å². The van der Waals surface area contributed by atoms with E-state index in [9.17, 15) is 9.50 Å². The summed E-state index contributed by atoms with van der Waals surface area (Å²) in [5.41, 5.74) is 1.98. The molecule has 206 valence electrons. The van der Waals surface area contributed by atoms with Crippen LogP contribution in [-0.2, 0) is 0 Å². The number of rotatable bonds is 5. The Morgan fingerprint density at radius 3 is 2.70 bits per heavy atom. The minimum Gasteiger partial charge on any atom is -0.508 e. The van der Waals surface area contributed by atoms with Crippen LogP contribution in [0, 0.1) is 18.2 Å². The van der Waals surface area contributed by atoms with Crippen molar-refractivity contribution in [3.8, 4) is 35.1 Å². The van der Waals surface area contributed by atoms with Gasteiger partial charge in [-0.15, -0.1) is 6.42 Å². The van der Waals surface area contributed by atoms with E-state index < -0.39 is 5.82 Å². The van der Waals surface area contributed by atoms with Gasteiger partial charge in [0.1, 0.15) is 23.5 Å². The molecule has 2 aromatic carbocycles. The lowest BCUT2D eigenvalue weighted by atomic mass is 9.95. The van der Waals surface area contributed by atoms with E-state index in [-0.39, 0.29) is 17.4 Å². The number of hydrogen-bond acceptors (Lipinski definition) is 7. The maximum absolute atomic E-state index is 14.8. The van der Waals surface area contributed by atoms with Crippen LogP contribution in [0.5, 0.6) is 11.6 Å². The molecule has 0 radical (unpaired) electrons. The molecule has 9 heteroatoms. The third-order valence-corrected chi connectivity index (χ3v) is 8.76. The van der Waals surface area contributed by atoms with Crippen LogP contribution in [0.15, 0.2) is 36.5 Å². The van der Waals surface area contributed by atoms with E-state index in [1.807, 2.05) is 10.6 Å². The number of piperazine rings is 1. The summed E-state index contributed by atoms with van der Waals surface area (Å²) in [6.07, 6.45) is 10.5. The molecular weight excluding hydrogens is 507 g/mol. The summed E-state index contributed by atoms with van der Waals surface area (Å²) < 4.78 is 23.2. The average molecular weight is 541 g/mol. The zero-order chi connectivity index (χ0) is 27.5. The monoisotopic (exact) mass is 540 g/mol. The first-order chi connectivity index (χ1) is 19.4. The number of anilines is 1. The predicted octanol–water partition coefficient (Wildman–Crippen LogP) is 4.18. The Kier molecular flexibility index (Phi) is 6.06. The summed E-state index contributed by atoms with van der Waals surface area (Å²) in [6.45, 7) is 8.25. The summed E-state index contributed by atoms with van der Waals surface area (Å²) >= 11 is 0. The SMILES string of the molecule is C#Cc1c(F)ccc2cc(O)cc(-c3cnn4c(N5CC6CC5CN6)cc(OC5CCN(C(C)C)CC5)nc34)c12. The maximum Gasteiger partial charge on any atom is 0.219 e. The molecule has 8 nitrogen and oxygen atoms in total. The third kappa shape index (κ3) is 4.14. The number of phenolic OH excluding ortho intramolecular Hbond substituents is 1. The number of likely N-dealkylation sites (tertiary alicyclic amines) is 1. The fourth-order valence-corrected chi connectivity index (χ4v) is 6.68. The van der Waals surface area contributed by atoms with Gasteiger partial charge in [0.2, 0.25) is 5.88 Å². The molecule has 2 aromatic heterocycles. The molecule has 0 aliphatic carbocycles. The van der Waals surface area contributed by atoms with Crippen LogP contribution in [0.1, 0.15) is 38.7 Å². The van der Waals surface area contributed by atoms with Crippen LogP contribution in [0.25, 0.3) is 27.5 Å². The minimum absolute atomic E-state index is 0.0592. The van der Waals surface area contributed by atoms with E-state index in [0.717, 1.165) is 51.3 Å². The van der Waals surface area contributed by atoms with Crippen LogP contribution in [0.3, 0.4) is 0 Å². The Morgan fingerprint density at radius 2 is 2.00 bits per heavy atom. The number of piperidine rings is 1. The Hall–Kier alpha value is -3.87. The minimum atomic E-state index is -0.482. The summed E-state index contributed by atoms with van der Waals surface area (Å²) in [6, 6.07) is 9.51. The zero-order valence-electron chi connectivity index (χ0n) is 22.8. The number of terminal acetylenes is 1. The summed E-state index contributed by atoms with van der Waals surface area (Å²) in [5.74, 6) is 3.56. The fraction of sp³-hybridized carbons (Fsp3) is 0.419. The highest BCUT2D eigenvalue weighted by atomic mass is 19.1. The highest BCUT2D eigenvalue weighted by molar-refractivity contribution is 6.04. The Bertz CT molecular complexity index is 1650. The molecule has 0 saturated carbocycles. The molecule has 3 saturated heterocycles. The number of benzene rings is 2. The maximum atomic E-state index is 14.8. The van der Waals surface area contributed by atoms with E-state index in [2.05, 4.69) is 34.9 Å². The van der Waals surface area contributed by atoms with Gasteiger partial charge in [0, 0.05) is 61.3 Å². The molecule has 3 aliphatic rings. The second kappa shape index (κ2) is 9.65. The Morgan fingerprint density at radius 1 is 1.18 bits per heavy atom. The average Bonchev–Trinajstić information content (AvgIpc) is 3.69. The molecule has 2 unspecified atom stereocenters. The van der Waals surface area contributed by atoms with Gasteiger partial charge in [-0.25, -0.2) is 4.39 Å². The molecule has 5 heterocycles. The molecule has 2 N–H and O–H groups in total. The first-order valence-corrected chi connectivity index (χ1v) is 14.1. The third-order valence-electron chi connectivity index (χ3n) is 8.76. The van der Waals surface area contributed by atoms with Crippen LogP contribution in [-0.4, -0.2) is 75.0 Å². The van der Waals surface area contributed by atoms with Gasteiger partial charge >= 0.3 is 0 Å². The van der Waals surface area contributed by atoms with E-state index >= 15 is 0 Å². The quantitative estimate of drug-likeness (QED) is 0.368. The smallest absolute Gasteiger partial charge is 0.219 e. The van der Waals surface area contributed by atoms with Crippen molar-refractivity contribution in [2.45, 2.75) is 57.3 Å². The number of fused-ring (bicyclic) bond motifs is 4. The summed E-state index contributed by atoms with van der Waals surface area (Å²) in [4.78, 5) is 9.82. The first-order valence-electron chi connectivity index (χ1n) is 14.1. The van der Waals surface area contributed by atoms with Gasteiger partial charge in [-0.2, -0.15) is 14.6 Å². The molecular formula is C31H33FN6O2. The number of aromatic hydroxyl groups is 1. The number of phenols is 1. The van der Waals surface area contributed by atoms with Gasteiger partial charge in [0.15, 0.2) is 5.65 Å². The molecule has 2 atom stereocenters. The molecule has 3 fully saturated rings. The van der Waals surface area contributed by atoms with E-state index in [4.69, 9.17) is 21.2 Å². The highest BCUT2D eigenvalue weighted by Crippen LogP contribution is 2.39. The molecule has 0 spiro atoms. The second-order valence-electron chi connectivity index (χ2n) is 11.5. The van der Waals surface area contributed by atoms with Gasteiger partial charge < -0.3 is 25.0 Å². The summed E-state index contributed by atoms with van der Waals surface area (Å²) in [5, 5.41) is 20.1. The second-order valence-corrected chi connectivity index (χ2v) is 11.5. The van der Waals surface area contributed by atoms with Crippen molar-refractivity contribution >= 4 is 22.2 Å². The van der Waals surface area contributed by atoms with Crippen molar-refractivity contribution in [3.05, 3.63) is 47.9 Å². The number of aromatic nitrogens is 3. The van der Waals surface area contributed by atoms with Crippen LogP contribution in [0.4, 0.5) is 10.2 Å². The lowest BCUT2D eigenvalue weighted by Crippen LogP contribution is -2.44. The predicted molar refractivity (Wildman–Crippen MR) is 153 cm³/mol. The molecule has 40 heavy (non-hydrogen) atoms. The van der Waals surface area contributed by atoms with Crippen molar-refractivity contribution in [1.29, 1.82) is 0 Å². The van der Waals surface area contributed by atoms with Gasteiger partial charge in [0.25, 0.3) is 0 Å². The standard InChI is InChI=1S/C31H33FN6O2/c1-4-24-27(32)6-5-19-11-22(39)13-25(30(19)24)26-16-34-38-29(37-17-20-12-21(37)15-33-20)14-28(35-31(26)38)40-23-7-9-36(10-8-23)18(2)3/h1,5-6,11,13-14,16,18,20-21,23,33,39H,7-10,12,15,17H2,2-3H3. The van der Waals surface area contributed by atoms with Crippen molar-refractivity contribution in [1.82, 2.24) is 24.8 Å². The molecule has 0 amide bonds. The highest BCUT2D eigenvalue weighted by Gasteiger charge is 2.39. The molecule has 7 rings (SSSR count). The summed E-state index contributed by atoms with van der Waals surface area (Å²) in [7, 11) is 0. The number of ether oxygens (including phenoxy) is 1. The normalized spacial score (nSPS) is 21.6. The van der Waals surface area contributed by atoms with Crippen molar-refractivity contribution in [2.75, 3.05) is 31.1 Å². The molecule has 4 aromatic rings. The number of nitrogens with zero attached hydrogens (tertiary/aromatic N) is 5. The van der Waals surface area contributed by atoms with Crippen molar-refractivity contribution < 1.29 is 14.2 Å². The van der Waals surface area contributed by atoms with Crippen molar-refractivity contribution in [2.24, 2.45) is 0 Å². The Balaban J connectivity index is 1.37. The van der Waals surface area contributed by atoms with Gasteiger partial charge in [-0.05, 0) is 62.3 Å². The zero-order valence-corrected chi connectivity index (χ0v) is 22.8. The molecule has 2 bridgehead atoms. The van der Waals surface area contributed by atoms with Gasteiger partial charge in [-0.1, -0.05) is 12.0 Å². The van der Waals surface area contributed by atoms with Gasteiger partial charge in [0.05, 0.1) is 11.8 Å². The first kappa shape index (κ1) is 25.1. The van der Waals surface area contributed by atoms with Crippen LogP contribution < -0.4 is 15.0 Å². The topological polar surface area (TPSA) is 78.2 Å². The number of nitrogens with one attached hydrogen (secondary N) is 1. The van der Waals surface area contributed by atoms with Crippen LogP contribution >= 0.6 is 0 Å². The Labute approximate surface area is 232 Å². The van der Waals surface area contributed by atoms with Crippen molar-refractivity contribution in [3.63, 3.8) is 0 Å². The molecule has 3 aliphatic heterocycles. The van der Waals surface area contributed by atoms with E-state index in [1.165, 1.54) is 6.07 Å². The van der Waals surface area contributed by atoms with E-state index in [1.54, 1.807) is 24.4 Å². The lowest BCUT2D eigenvalue weighted by Gasteiger charge is -2.34. The number of halogens is 1.